The molecule has 1 aliphatic carbocycles. The summed E-state index contributed by atoms with van der Waals surface area (Å²) in [5.41, 5.74) is 1.59. The summed E-state index contributed by atoms with van der Waals surface area (Å²) < 4.78 is 5.31. The molecule has 1 saturated heterocycles. The van der Waals surface area contributed by atoms with Crippen molar-refractivity contribution in [3.63, 3.8) is 0 Å². The minimum absolute atomic E-state index is 0.0817. The van der Waals surface area contributed by atoms with E-state index in [4.69, 9.17) is 4.74 Å². The van der Waals surface area contributed by atoms with Gasteiger partial charge in [0.05, 0.1) is 5.56 Å². The third-order valence-corrected chi connectivity index (χ3v) is 5.48. The molecular formula is C20H28N2O3. The summed E-state index contributed by atoms with van der Waals surface area (Å²) in [4.78, 5) is 26.9. The van der Waals surface area contributed by atoms with Gasteiger partial charge in [-0.1, -0.05) is 32.9 Å². The molecule has 5 nitrogen and oxygen atoms in total. The maximum atomic E-state index is 12.7. The van der Waals surface area contributed by atoms with Crippen LogP contribution in [-0.2, 0) is 9.53 Å². The number of nitrogens with zero attached hydrogens (tertiary/aromatic N) is 1. The van der Waals surface area contributed by atoms with Crippen LogP contribution in [0.3, 0.4) is 0 Å². The average Bonchev–Trinajstić information content (AvgIpc) is 2.81. The second-order valence-corrected chi connectivity index (χ2v) is 8.61. The lowest BCUT2D eigenvalue weighted by molar-refractivity contribution is -0.135. The highest BCUT2D eigenvalue weighted by Gasteiger charge is 2.50. The van der Waals surface area contributed by atoms with Crippen LogP contribution < -0.4 is 5.32 Å². The number of nitrogens with one attached hydrogen (secondary N) is 1. The van der Waals surface area contributed by atoms with Crippen LogP contribution in [0.15, 0.2) is 24.3 Å². The van der Waals surface area contributed by atoms with E-state index in [0.29, 0.717) is 11.3 Å². The third-order valence-electron chi connectivity index (χ3n) is 5.48. The normalized spacial score (nSPS) is 27.0. The molecule has 3 rings (SSSR count). The Morgan fingerprint density at radius 1 is 1.24 bits per heavy atom. The Morgan fingerprint density at radius 3 is 2.68 bits per heavy atom. The third kappa shape index (κ3) is 3.65. The molecule has 0 aromatic heterocycles. The summed E-state index contributed by atoms with van der Waals surface area (Å²) >= 11 is 0. The molecule has 1 heterocycles. The Labute approximate surface area is 149 Å². The number of ether oxygens (including phenoxy) is 1. The lowest BCUT2D eigenvalue weighted by Gasteiger charge is -2.39. The molecule has 2 atom stereocenters. The van der Waals surface area contributed by atoms with Crippen LogP contribution in [0.1, 0.15) is 50.4 Å². The lowest BCUT2D eigenvalue weighted by atomic mass is 9.65. The van der Waals surface area contributed by atoms with Crippen molar-refractivity contribution >= 4 is 17.6 Å². The average molecular weight is 344 g/mol. The summed E-state index contributed by atoms with van der Waals surface area (Å²) in [7, 11) is 1.75. The Balaban J connectivity index is 1.63. The summed E-state index contributed by atoms with van der Waals surface area (Å²) in [5.74, 6) is -0.547. The molecule has 1 amide bonds. The smallest absolute Gasteiger partial charge is 0.340 e. The van der Waals surface area contributed by atoms with E-state index in [1.165, 1.54) is 0 Å². The minimum atomic E-state index is -0.466. The summed E-state index contributed by atoms with van der Waals surface area (Å²) in [6.45, 7) is 7.40. The number of para-hydroxylation sites is 1. The maximum absolute atomic E-state index is 12.7. The molecule has 2 fully saturated rings. The number of anilines is 1. The zero-order valence-electron chi connectivity index (χ0n) is 15.6. The van der Waals surface area contributed by atoms with Gasteiger partial charge in [-0.3, -0.25) is 4.79 Å². The molecule has 0 radical (unpaired) electrons. The summed E-state index contributed by atoms with van der Waals surface area (Å²) in [6, 6.07) is 7.41. The predicted molar refractivity (Wildman–Crippen MR) is 97.5 cm³/mol. The molecule has 0 spiro atoms. The Bertz CT molecular complexity index is 685. The fourth-order valence-electron chi connectivity index (χ4n) is 4.92. The molecular weight excluding hydrogens is 316 g/mol. The molecule has 5 heteroatoms. The number of carbonyl (C=O) groups is 2. The van der Waals surface area contributed by atoms with Gasteiger partial charge < -0.3 is 15.0 Å². The number of fused-ring (bicyclic) bond motifs is 2. The number of rotatable bonds is 4. The molecule has 2 aliphatic rings. The van der Waals surface area contributed by atoms with Crippen LogP contribution >= 0.6 is 0 Å². The highest BCUT2D eigenvalue weighted by atomic mass is 16.5. The van der Waals surface area contributed by atoms with Crippen molar-refractivity contribution in [2.45, 2.75) is 46.1 Å². The van der Waals surface area contributed by atoms with E-state index in [1.54, 1.807) is 19.2 Å². The first-order chi connectivity index (χ1) is 11.7. The first-order valence-electron chi connectivity index (χ1n) is 8.96. The van der Waals surface area contributed by atoms with E-state index in [2.05, 4.69) is 26.1 Å². The van der Waals surface area contributed by atoms with Crippen LogP contribution in [0.2, 0.25) is 0 Å². The molecule has 2 bridgehead atoms. The number of hydrogen-bond acceptors (Lipinski definition) is 4. The lowest BCUT2D eigenvalue weighted by Crippen LogP contribution is -2.39. The number of esters is 1. The molecule has 136 valence electrons. The monoisotopic (exact) mass is 344 g/mol. The molecule has 0 unspecified atom stereocenters. The van der Waals surface area contributed by atoms with Gasteiger partial charge >= 0.3 is 5.97 Å². The van der Waals surface area contributed by atoms with Gasteiger partial charge in [0.1, 0.15) is 0 Å². The Kier molecular flexibility index (Phi) is 4.52. The van der Waals surface area contributed by atoms with E-state index in [9.17, 15) is 9.59 Å². The van der Waals surface area contributed by atoms with Crippen molar-refractivity contribution in [1.29, 1.82) is 0 Å². The first-order valence-corrected chi connectivity index (χ1v) is 8.96. The SMILES string of the molecule is CNc1ccccc1C(=O)OCC(=O)N1C[C@@]2(C)C[C@@H]1CC(C)(C)C2. The van der Waals surface area contributed by atoms with E-state index >= 15 is 0 Å². The van der Waals surface area contributed by atoms with Gasteiger partial charge in [-0.15, -0.1) is 0 Å². The Morgan fingerprint density at radius 2 is 1.96 bits per heavy atom. The van der Waals surface area contributed by atoms with Gasteiger partial charge in [0.15, 0.2) is 6.61 Å². The van der Waals surface area contributed by atoms with Crippen LogP contribution in [0.4, 0.5) is 5.69 Å². The standard InChI is InChI=1S/C20H28N2O3/c1-19(2)9-14-10-20(3,12-19)13-22(14)17(23)11-25-18(24)15-7-5-6-8-16(15)21-4/h5-8,14,21H,9-13H2,1-4H3/t14-,20-/m0/s1. The zero-order chi connectivity index (χ0) is 18.2. The van der Waals surface area contributed by atoms with Crippen molar-refractivity contribution in [2.24, 2.45) is 10.8 Å². The molecule has 1 N–H and O–H groups in total. The summed E-state index contributed by atoms with van der Waals surface area (Å²) in [5, 5.41) is 2.97. The highest BCUT2D eigenvalue weighted by Crippen LogP contribution is 2.52. The molecule has 1 aromatic carbocycles. The van der Waals surface area contributed by atoms with E-state index in [1.807, 2.05) is 17.0 Å². The number of amides is 1. The topological polar surface area (TPSA) is 58.6 Å². The summed E-state index contributed by atoms with van der Waals surface area (Å²) in [6.07, 6.45) is 3.21. The van der Waals surface area contributed by atoms with Gasteiger partial charge in [0.2, 0.25) is 0 Å². The van der Waals surface area contributed by atoms with Crippen molar-refractivity contribution in [3.05, 3.63) is 29.8 Å². The quantitative estimate of drug-likeness (QED) is 0.852. The van der Waals surface area contributed by atoms with E-state index < -0.39 is 5.97 Å². The number of carbonyl (C=O) groups excluding carboxylic acids is 2. The van der Waals surface area contributed by atoms with Crippen molar-refractivity contribution in [1.82, 2.24) is 4.90 Å². The second kappa shape index (κ2) is 6.36. The Hall–Kier alpha value is -2.04. The minimum Gasteiger partial charge on any atom is -0.452 e. The van der Waals surface area contributed by atoms with Crippen LogP contribution in [0.5, 0.6) is 0 Å². The molecule has 1 saturated carbocycles. The van der Waals surface area contributed by atoms with Gasteiger partial charge in [0, 0.05) is 25.3 Å². The van der Waals surface area contributed by atoms with Crippen molar-refractivity contribution in [3.8, 4) is 0 Å². The van der Waals surface area contributed by atoms with Gasteiger partial charge in [-0.05, 0) is 42.2 Å². The maximum Gasteiger partial charge on any atom is 0.340 e. The van der Waals surface area contributed by atoms with E-state index in [0.717, 1.165) is 25.8 Å². The largest absolute Gasteiger partial charge is 0.452 e. The molecule has 1 aliphatic heterocycles. The highest BCUT2D eigenvalue weighted by molar-refractivity contribution is 5.96. The van der Waals surface area contributed by atoms with Crippen LogP contribution in [0, 0.1) is 10.8 Å². The number of hydrogen-bond donors (Lipinski definition) is 1. The molecule has 1 aromatic rings. The zero-order valence-corrected chi connectivity index (χ0v) is 15.6. The number of benzene rings is 1. The fourth-order valence-corrected chi connectivity index (χ4v) is 4.92. The van der Waals surface area contributed by atoms with Gasteiger partial charge in [-0.25, -0.2) is 4.79 Å². The van der Waals surface area contributed by atoms with Crippen LogP contribution in [-0.4, -0.2) is 43.0 Å². The van der Waals surface area contributed by atoms with Gasteiger partial charge in [0.25, 0.3) is 5.91 Å². The van der Waals surface area contributed by atoms with Crippen molar-refractivity contribution < 1.29 is 14.3 Å². The molecule has 25 heavy (non-hydrogen) atoms. The number of likely N-dealkylation sites (tertiary alicyclic amines) is 1. The predicted octanol–water partition coefficient (Wildman–Crippen LogP) is 3.31. The second-order valence-electron chi connectivity index (χ2n) is 8.61. The first kappa shape index (κ1) is 17.8. The van der Waals surface area contributed by atoms with Crippen molar-refractivity contribution in [2.75, 3.05) is 25.5 Å². The van der Waals surface area contributed by atoms with Gasteiger partial charge in [-0.2, -0.15) is 0 Å². The van der Waals surface area contributed by atoms with Crippen LogP contribution in [0.25, 0.3) is 0 Å². The fraction of sp³-hybridized carbons (Fsp3) is 0.600. The van der Waals surface area contributed by atoms with E-state index in [-0.39, 0.29) is 29.4 Å².